The van der Waals surface area contributed by atoms with Crippen molar-refractivity contribution in [1.29, 1.82) is 0 Å². The number of hydrogen-bond acceptors (Lipinski definition) is 4. The number of hydrogen-bond donors (Lipinski definition) is 2. The molecule has 8 heteroatoms. The smallest absolute Gasteiger partial charge is 0.251 e. The highest BCUT2D eigenvalue weighted by Gasteiger charge is 2.33. The second-order valence-electron chi connectivity index (χ2n) is 11.2. The number of nitrogens with zero attached hydrogens (tertiary/aromatic N) is 2. The number of likely N-dealkylation sites (tertiary alicyclic amines) is 1. The Hall–Kier alpha value is -3.68. The van der Waals surface area contributed by atoms with Gasteiger partial charge in [0.15, 0.2) is 0 Å². The van der Waals surface area contributed by atoms with Crippen molar-refractivity contribution in [3.8, 4) is 11.1 Å². The number of nitrogens with two attached hydrogens (primary N) is 1. The van der Waals surface area contributed by atoms with Crippen molar-refractivity contribution in [2.45, 2.75) is 52.1 Å². The van der Waals surface area contributed by atoms with Crippen LogP contribution in [-0.2, 0) is 16.0 Å². The first-order chi connectivity index (χ1) is 20.2. The highest BCUT2D eigenvalue weighted by atomic mass is 35.5. The summed E-state index contributed by atoms with van der Waals surface area (Å²) in [6, 6.07) is 22.7. The van der Waals surface area contributed by atoms with Crippen molar-refractivity contribution in [3.05, 3.63) is 94.5 Å². The van der Waals surface area contributed by atoms with Crippen LogP contribution in [0.4, 0.5) is 0 Å². The molecular formula is C34H41ClN4O3. The van der Waals surface area contributed by atoms with Gasteiger partial charge in [-0.3, -0.25) is 14.4 Å². The van der Waals surface area contributed by atoms with Gasteiger partial charge in [-0.25, -0.2) is 0 Å². The molecule has 0 bridgehead atoms. The van der Waals surface area contributed by atoms with E-state index in [-0.39, 0.29) is 42.1 Å². The lowest BCUT2D eigenvalue weighted by Gasteiger charge is -2.42. The van der Waals surface area contributed by atoms with E-state index in [2.05, 4.69) is 18.3 Å². The van der Waals surface area contributed by atoms with Gasteiger partial charge in [0, 0.05) is 48.7 Å². The second-order valence-corrected chi connectivity index (χ2v) is 11.6. The lowest BCUT2D eigenvalue weighted by molar-refractivity contribution is -0.139. The topological polar surface area (TPSA) is 95.7 Å². The van der Waals surface area contributed by atoms with E-state index in [4.69, 9.17) is 17.3 Å². The van der Waals surface area contributed by atoms with Crippen LogP contribution in [0.2, 0.25) is 5.02 Å². The Morgan fingerprint density at radius 2 is 1.67 bits per heavy atom. The largest absolute Gasteiger partial charge is 0.351 e. The summed E-state index contributed by atoms with van der Waals surface area (Å²) < 4.78 is 0. The van der Waals surface area contributed by atoms with Gasteiger partial charge in [0.2, 0.25) is 11.8 Å². The Bertz CT molecular complexity index is 1380. The van der Waals surface area contributed by atoms with Gasteiger partial charge >= 0.3 is 0 Å². The number of benzene rings is 3. The van der Waals surface area contributed by atoms with Gasteiger partial charge in [0.1, 0.15) is 0 Å². The fourth-order valence-electron chi connectivity index (χ4n) is 5.67. The first-order valence-corrected chi connectivity index (χ1v) is 15.1. The molecule has 1 saturated heterocycles. The van der Waals surface area contributed by atoms with Crippen LogP contribution < -0.4 is 11.1 Å². The molecule has 1 atom stereocenters. The molecule has 1 unspecified atom stereocenters. The zero-order valence-electron chi connectivity index (χ0n) is 24.7. The maximum atomic E-state index is 14.0. The summed E-state index contributed by atoms with van der Waals surface area (Å²) in [5.74, 6) is -0.0316. The molecule has 222 valence electrons. The summed E-state index contributed by atoms with van der Waals surface area (Å²) in [6.07, 6.45) is 1.70. The van der Waals surface area contributed by atoms with Gasteiger partial charge in [0.05, 0.1) is 12.5 Å². The molecule has 3 aromatic rings. The quantitative estimate of drug-likeness (QED) is 0.328. The summed E-state index contributed by atoms with van der Waals surface area (Å²) in [6.45, 7) is 7.93. The molecule has 3 amide bonds. The number of piperidine rings is 1. The van der Waals surface area contributed by atoms with Crippen LogP contribution in [0.15, 0.2) is 72.8 Å². The van der Waals surface area contributed by atoms with Gasteiger partial charge in [-0.05, 0) is 66.3 Å². The van der Waals surface area contributed by atoms with Gasteiger partial charge in [-0.2, -0.15) is 0 Å². The highest BCUT2D eigenvalue weighted by Crippen LogP contribution is 2.32. The number of carbonyl (C=O) groups excluding carboxylic acids is 3. The van der Waals surface area contributed by atoms with Crippen molar-refractivity contribution >= 4 is 29.3 Å². The zero-order chi connectivity index (χ0) is 30.2. The van der Waals surface area contributed by atoms with Crippen LogP contribution in [0.3, 0.4) is 0 Å². The molecule has 1 aliphatic rings. The predicted molar refractivity (Wildman–Crippen MR) is 168 cm³/mol. The Kier molecular flexibility index (Phi) is 10.8. The molecule has 0 saturated carbocycles. The maximum Gasteiger partial charge on any atom is 0.251 e. The average molecular weight is 589 g/mol. The van der Waals surface area contributed by atoms with E-state index in [1.165, 1.54) is 0 Å². The Balaban J connectivity index is 1.63. The normalized spacial score (nSPS) is 14.5. The van der Waals surface area contributed by atoms with Crippen molar-refractivity contribution in [1.82, 2.24) is 15.1 Å². The monoisotopic (exact) mass is 588 g/mol. The zero-order valence-corrected chi connectivity index (χ0v) is 25.4. The molecular weight excluding hydrogens is 548 g/mol. The van der Waals surface area contributed by atoms with Crippen molar-refractivity contribution in [2.24, 2.45) is 11.7 Å². The first-order valence-electron chi connectivity index (χ1n) is 14.7. The van der Waals surface area contributed by atoms with Crippen LogP contribution in [-0.4, -0.2) is 59.7 Å². The van der Waals surface area contributed by atoms with E-state index in [1.807, 2.05) is 78.2 Å². The summed E-state index contributed by atoms with van der Waals surface area (Å²) in [7, 11) is 0. The minimum Gasteiger partial charge on any atom is -0.351 e. The number of nitrogens with one attached hydrogen (secondary N) is 1. The SMILES string of the molecule is CC(C)C(=O)N1CCC(N(C(=O)Cc2ccc(Cl)cc2)C(C)c2cccc(-c3ccccc3C(=O)NCCN)c2)CC1. The van der Waals surface area contributed by atoms with Crippen LogP contribution in [0.25, 0.3) is 11.1 Å². The lowest BCUT2D eigenvalue weighted by atomic mass is 9.93. The van der Waals surface area contributed by atoms with E-state index in [1.54, 1.807) is 12.1 Å². The molecule has 0 radical (unpaired) electrons. The van der Waals surface area contributed by atoms with E-state index < -0.39 is 0 Å². The minimum absolute atomic E-state index is 0.00556. The molecule has 3 N–H and O–H groups in total. The molecule has 1 fully saturated rings. The van der Waals surface area contributed by atoms with Crippen LogP contribution in [0.5, 0.6) is 0 Å². The third-order valence-corrected chi connectivity index (χ3v) is 8.17. The van der Waals surface area contributed by atoms with E-state index in [0.29, 0.717) is 36.8 Å². The first kappa shape index (κ1) is 31.3. The van der Waals surface area contributed by atoms with E-state index in [9.17, 15) is 14.4 Å². The molecule has 0 spiro atoms. The molecule has 0 aliphatic carbocycles. The van der Waals surface area contributed by atoms with Crippen LogP contribution >= 0.6 is 11.6 Å². The maximum absolute atomic E-state index is 14.0. The van der Waals surface area contributed by atoms with E-state index in [0.717, 1.165) is 35.1 Å². The highest BCUT2D eigenvalue weighted by molar-refractivity contribution is 6.30. The van der Waals surface area contributed by atoms with Gasteiger partial charge < -0.3 is 20.9 Å². The van der Waals surface area contributed by atoms with Crippen LogP contribution in [0.1, 0.15) is 61.1 Å². The summed E-state index contributed by atoms with van der Waals surface area (Å²) in [5.41, 5.74) is 9.77. The third kappa shape index (κ3) is 7.58. The fraction of sp³-hybridized carbons (Fsp3) is 0.382. The molecule has 1 aliphatic heterocycles. The summed E-state index contributed by atoms with van der Waals surface area (Å²) >= 11 is 6.09. The third-order valence-electron chi connectivity index (χ3n) is 7.92. The number of amides is 3. The molecule has 0 aromatic heterocycles. The van der Waals surface area contributed by atoms with Crippen LogP contribution in [0, 0.1) is 5.92 Å². The molecule has 1 heterocycles. The molecule has 42 heavy (non-hydrogen) atoms. The Labute approximate surface area is 254 Å². The van der Waals surface area contributed by atoms with Crippen molar-refractivity contribution in [3.63, 3.8) is 0 Å². The Morgan fingerprint density at radius 3 is 2.33 bits per heavy atom. The van der Waals surface area contributed by atoms with Gasteiger partial charge in [0.25, 0.3) is 5.91 Å². The summed E-state index contributed by atoms with van der Waals surface area (Å²) in [5, 5.41) is 3.50. The minimum atomic E-state index is -0.222. The predicted octanol–water partition coefficient (Wildman–Crippen LogP) is 5.47. The Morgan fingerprint density at radius 1 is 0.976 bits per heavy atom. The molecule has 3 aromatic carbocycles. The van der Waals surface area contributed by atoms with Gasteiger partial charge in [-0.1, -0.05) is 74.0 Å². The van der Waals surface area contributed by atoms with E-state index >= 15 is 0 Å². The number of rotatable bonds is 10. The fourth-order valence-corrected chi connectivity index (χ4v) is 5.80. The average Bonchev–Trinajstić information content (AvgIpc) is 3.01. The number of carbonyl (C=O) groups is 3. The molecule has 7 nitrogen and oxygen atoms in total. The standard InChI is InChI=1S/C34H41ClN4O3/c1-23(2)34(42)38-19-15-29(16-20-38)39(32(40)21-25-11-13-28(35)14-12-25)24(3)26-7-6-8-27(22-26)30-9-4-5-10-31(30)33(41)37-18-17-36/h4-14,22-24,29H,15-21,36H2,1-3H3,(H,37,41). The molecule has 4 rings (SSSR count). The van der Waals surface area contributed by atoms with Crippen molar-refractivity contribution < 1.29 is 14.4 Å². The summed E-state index contributed by atoms with van der Waals surface area (Å²) in [4.78, 5) is 43.4. The van der Waals surface area contributed by atoms with Gasteiger partial charge in [-0.15, -0.1) is 0 Å². The van der Waals surface area contributed by atoms with Crippen molar-refractivity contribution in [2.75, 3.05) is 26.2 Å². The number of halogens is 1. The second kappa shape index (κ2) is 14.5. The lowest BCUT2D eigenvalue weighted by Crippen LogP contribution is -2.50.